The highest BCUT2D eigenvalue weighted by Crippen LogP contribution is 2.27. The summed E-state index contributed by atoms with van der Waals surface area (Å²) in [7, 11) is 0. The molecule has 0 amide bonds. The first-order valence-electron chi connectivity index (χ1n) is 6.36. The van der Waals surface area contributed by atoms with E-state index in [1.807, 2.05) is 6.07 Å². The van der Waals surface area contributed by atoms with Crippen LogP contribution in [0.25, 0.3) is 0 Å². The van der Waals surface area contributed by atoms with Crippen LogP contribution >= 0.6 is 31.9 Å². The maximum absolute atomic E-state index is 13.0. The van der Waals surface area contributed by atoms with Crippen molar-refractivity contribution < 1.29 is 4.39 Å². The smallest absolute Gasteiger partial charge is 0.124 e. The minimum absolute atomic E-state index is 0.183. The topological polar surface area (TPSA) is 3.24 Å². The van der Waals surface area contributed by atoms with E-state index in [0.717, 1.165) is 30.0 Å². The number of hydrogen-bond donors (Lipinski definition) is 0. The van der Waals surface area contributed by atoms with E-state index < -0.39 is 0 Å². The summed E-state index contributed by atoms with van der Waals surface area (Å²) in [5, 5.41) is 0. The maximum atomic E-state index is 13.0. The zero-order valence-electron chi connectivity index (χ0n) is 10.5. The lowest BCUT2D eigenvalue weighted by Crippen LogP contribution is -2.35. The summed E-state index contributed by atoms with van der Waals surface area (Å²) >= 11 is 7.11. The number of alkyl halides is 1. The van der Waals surface area contributed by atoms with Crippen molar-refractivity contribution in [1.82, 2.24) is 4.90 Å². The predicted molar refractivity (Wildman–Crippen MR) is 80.5 cm³/mol. The van der Waals surface area contributed by atoms with Crippen LogP contribution in [0.4, 0.5) is 4.39 Å². The van der Waals surface area contributed by atoms with E-state index in [2.05, 4.69) is 43.7 Å². The van der Waals surface area contributed by atoms with Gasteiger partial charge in [-0.3, -0.25) is 4.90 Å². The van der Waals surface area contributed by atoms with Crippen LogP contribution in [0.15, 0.2) is 22.7 Å². The maximum Gasteiger partial charge on any atom is 0.124 e. The van der Waals surface area contributed by atoms with E-state index in [9.17, 15) is 4.39 Å². The monoisotopic (exact) mass is 377 g/mol. The summed E-state index contributed by atoms with van der Waals surface area (Å²) in [6.07, 6.45) is 2.48. The molecule has 0 N–H and O–H groups in total. The number of benzene rings is 1. The first kappa shape index (κ1) is 14.5. The van der Waals surface area contributed by atoms with Crippen molar-refractivity contribution in [3.05, 3.63) is 34.1 Å². The van der Waals surface area contributed by atoms with Gasteiger partial charge in [-0.25, -0.2) is 4.39 Å². The Balaban J connectivity index is 1.91. The second-order valence-corrected chi connectivity index (χ2v) is 7.33. The van der Waals surface area contributed by atoms with Gasteiger partial charge in [0.25, 0.3) is 0 Å². The van der Waals surface area contributed by atoms with Gasteiger partial charge >= 0.3 is 0 Å². The van der Waals surface area contributed by atoms with Gasteiger partial charge in [-0.05, 0) is 49.5 Å². The van der Waals surface area contributed by atoms with Gasteiger partial charge in [0.1, 0.15) is 5.82 Å². The van der Waals surface area contributed by atoms with Crippen LogP contribution in [0.1, 0.15) is 25.3 Å². The molecule has 0 spiro atoms. The number of hydrogen-bond acceptors (Lipinski definition) is 1. The molecule has 1 aromatic carbocycles. The van der Waals surface area contributed by atoms with Gasteiger partial charge in [0.15, 0.2) is 0 Å². The molecule has 1 fully saturated rings. The lowest BCUT2D eigenvalue weighted by atomic mass is 9.94. The minimum atomic E-state index is -0.183. The van der Waals surface area contributed by atoms with E-state index in [-0.39, 0.29) is 5.82 Å². The molecule has 0 aliphatic carbocycles. The molecule has 0 saturated carbocycles. The molecular formula is C14H18Br2FN. The van der Waals surface area contributed by atoms with E-state index in [1.165, 1.54) is 24.5 Å². The van der Waals surface area contributed by atoms with Crippen molar-refractivity contribution in [2.45, 2.75) is 31.1 Å². The molecule has 1 nitrogen and oxygen atoms in total. The highest BCUT2D eigenvalue weighted by molar-refractivity contribution is 9.10. The summed E-state index contributed by atoms with van der Waals surface area (Å²) < 4.78 is 13.9. The Kier molecular flexibility index (Phi) is 5.22. The van der Waals surface area contributed by atoms with Crippen molar-refractivity contribution in [3.63, 3.8) is 0 Å². The molecule has 1 atom stereocenters. The Morgan fingerprint density at radius 2 is 2.06 bits per heavy atom. The van der Waals surface area contributed by atoms with Gasteiger partial charge in [0.05, 0.1) is 0 Å². The van der Waals surface area contributed by atoms with E-state index in [0.29, 0.717) is 4.83 Å². The number of nitrogens with zero attached hydrogens (tertiary/aromatic N) is 1. The van der Waals surface area contributed by atoms with Crippen LogP contribution in [0, 0.1) is 11.7 Å². The van der Waals surface area contributed by atoms with E-state index in [4.69, 9.17) is 0 Å². The van der Waals surface area contributed by atoms with Gasteiger partial charge in [0, 0.05) is 15.8 Å². The lowest BCUT2D eigenvalue weighted by molar-refractivity contribution is 0.178. The predicted octanol–water partition coefficient (Wildman–Crippen LogP) is 4.58. The van der Waals surface area contributed by atoms with Gasteiger partial charge in [-0.1, -0.05) is 44.8 Å². The molecule has 4 heteroatoms. The Bertz CT molecular complexity index is 401. The molecule has 1 aliphatic rings. The van der Waals surface area contributed by atoms with Crippen molar-refractivity contribution in [2.75, 3.05) is 13.1 Å². The highest BCUT2D eigenvalue weighted by Gasteiger charge is 2.22. The third-order valence-corrected chi connectivity index (χ3v) is 5.18. The fourth-order valence-electron chi connectivity index (χ4n) is 2.46. The Morgan fingerprint density at radius 3 is 2.61 bits per heavy atom. The van der Waals surface area contributed by atoms with Crippen LogP contribution in [-0.4, -0.2) is 22.8 Å². The number of likely N-dealkylation sites (tertiary alicyclic amines) is 1. The van der Waals surface area contributed by atoms with Crippen molar-refractivity contribution in [2.24, 2.45) is 5.92 Å². The fraction of sp³-hybridized carbons (Fsp3) is 0.571. The SMILES string of the molecule is CC(Br)C1CCN(Cc2ccc(F)cc2Br)CC1. The average Bonchev–Trinajstić information content (AvgIpc) is 2.33. The van der Waals surface area contributed by atoms with Crippen LogP contribution < -0.4 is 0 Å². The molecule has 1 aliphatic heterocycles. The Labute approximate surface area is 125 Å². The molecule has 0 radical (unpaired) electrons. The molecule has 1 heterocycles. The third-order valence-electron chi connectivity index (χ3n) is 3.69. The van der Waals surface area contributed by atoms with Crippen molar-refractivity contribution in [1.29, 1.82) is 0 Å². The summed E-state index contributed by atoms with van der Waals surface area (Å²) in [5.41, 5.74) is 1.17. The van der Waals surface area contributed by atoms with Gasteiger partial charge in [-0.15, -0.1) is 0 Å². The molecule has 0 bridgehead atoms. The van der Waals surface area contributed by atoms with Gasteiger partial charge < -0.3 is 0 Å². The van der Waals surface area contributed by atoms with Crippen LogP contribution in [0.3, 0.4) is 0 Å². The van der Waals surface area contributed by atoms with Crippen molar-refractivity contribution >= 4 is 31.9 Å². The van der Waals surface area contributed by atoms with Gasteiger partial charge in [0.2, 0.25) is 0 Å². The van der Waals surface area contributed by atoms with Crippen molar-refractivity contribution in [3.8, 4) is 0 Å². The summed E-state index contributed by atoms with van der Waals surface area (Å²) in [5.74, 6) is 0.607. The molecule has 18 heavy (non-hydrogen) atoms. The molecule has 1 aromatic rings. The minimum Gasteiger partial charge on any atom is -0.299 e. The molecular weight excluding hydrogens is 361 g/mol. The Morgan fingerprint density at radius 1 is 1.39 bits per heavy atom. The molecule has 0 aromatic heterocycles. The third kappa shape index (κ3) is 3.78. The van der Waals surface area contributed by atoms with Gasteiger partial charge in [-0.2, -0.15) is 0 Å². The Hall–Kier alpha value is 0.0700. The van der Waals surface area contributed by atoms with E-state index in [1.54, 1.807) is 6.07 Å². The molecule has 2 rings (SSSR count). The fourth-order valence-corrected chi connectivity index (χ4v) is 3.47. The first-order chi connectivity index (χ1) is 8.56. The van der Waals surface area contributed by atoms with E-state index >= 15 is 0 Å². The highest BCUT2D eigenvalue weighted by atomic mass is 79.9. The van der Waals surface area contributed by atoms with Crippen LogP contribution in [0.5, 0.6) is 0 Å². The summed E-state index contributed by atoms with van der Waals surface area (Å²) in [4.78, 5) is 3.06. The first-order valence-corrected chi connectivity index (χ1v) is 8.07. The molecule has 1 saturated heterocycles. The zero-order chi connectivity index (χ0) is 13.1. The quantitative estimate of drug-likeness (QED) is 0.695. The lowest BCUT2D eigenvalue weighted by Gasteiger charge is -2.33. The number of halogens is 3. The van der Waals surface area contributed by atoms with Crippen LogP contribution in [0.2, 0.25) is 0 Å². The summed E-state index contributed by atoms with van der Waals surface area (Å²) in [6, 6.07) is 4.95. The van der Waals surface area contributed by atoms with Crippen LogP contribution in [-0.2, 0) is 6.54 Å². The summed E-state index contributed by atoms with van der Waals surface area (Å²) in [6.45, 7) is 5.40. The average molecular weight is 379 g/mol. The number of rotatable bonds is 3. The number of piperidine rings is 1. The standard InChI is InChI=1S/C14H18Br2FN/c1-10(15)11-4-6-18(7-5-11)9-12-2-3-13(17)8-14(12)16/h2-3,8,10-11H,4-7,9H2,1H3. The normalized spacial score (nSPS) is 20.0. The molecule has 100 valence electrons. The second kappa shape index (κ2) is 6.49. The zero-order valence-corrected chi connectivity index (χ0v) is 13.7. The molecule has 1 unspecified atom stereocenters. The second-order valence-electron chi connectivity index (χ2n) is 5.03. The largest absolute Gasteiger partial charge is 0.299 e.